The minimum Gasteiger partial charge on any atom is -0.497 e. The third-order valence-electron chi connectivity index (χ3n) is 5.15. The zero-order chi connectivity index (χ0) is 18.9. The molecule has 0 radical (unpaired) electrons. The van der Waals surface area contributed by atoms with Gasteiger partial charge in [0.15, 0.2) is 0 Å². The molecule has 0 heterocycles. The normalized spacial score (nSPS) is 13.1. The van der Waals surface area contributed by atoms with Crippen LogP contribution in [-0.4, -0.2) is 13.7 Å². The van der Waals surface area contributed by atoms with Gasteiger partial charge >= 0.3 is 0 Å². The Bertz CT molecular complexity index is 784. The first kappa shape index (κ1) is 19.2. The molecule has 0 saturated carbocycles. The fraction of sp³-hybridized carbons (Fsp3) is 0.280. The molecule has 0 aliphatic carbocycles. The maximum absolute atomic E-state index is 5.23. The van der Waals surface area contributed by atoms with Crippen LogP contribution >= 0.6 is 0 Å². The fourth-order valence-electron chi connectivity index (χ4n) is 3.54. The van der Waals surface area contributed by atoms with Crippen LogP contribution in [-0.2, 0) is 6.42 Å². The van der Waals surface area contributed by atoms with Crippen LogP contribution in [0.3, 0.4) is 0 Å². The van der Waals surface area contributed by atoms with Crippen molar-refractivity contribution in [1.82, 2.24) is 5.32 Å². The highest BCUT2D eigenvalue weighted by molar-refractivity contribution is 5.28. The van der Waals surface area contributed by atoms with E-state index in [0.29, 0.717) is 12.0 Å². The molecule has 1 unspecified atom stereocenters. The van der Waals surface area contributed by atoms with Crippen molar-refractivity contribution in [3.63, 3.8) is 0 Å². The van der Waals surface area contributed by atoms with Crippen molar-refractivity contribution in [2.45, 2.75) is 31.7 Å². The maximum Gasteiger partial charge on any atom is 0.118 e. The summed E-state index contributed by atoms with van der Waals surface area (Å²) in [5.41, 5.74) is 4.07. The van der Waals surface area contributed by atoms with Gasteiger partial charge in [0.25, 0.3) is 0 Å². The van der Waals surface area contributed by atoms with Gasteiger partial charge in [-0.05, 0) is 48.2 Å². The number of aryl methyl sites for hydroxylation is 1. The number of methoxy groups -OCH3 is 1. The fourth-order valence-corrected chi connectivity index (χ4v) is 3.54. The van der Waals surface area contributed by atoms with Crippen molar-refractivity contribution in [3.05, 3.63) is 102 Å². The summed E-state index contributed by atoms with van der Waals surface area (Å²) in [4.78, 5) is 0. The molecule has 0 spiro atoms. The number of ether oxygens (including phenoxy) is 1. The average Bonchev–Trinajstić information content (AvgIpc) is 2.75. The van der Waals surface area contributed by atoms with Crippen molar-refractivity contribution in [3.8, 4) is 5.75 Å². The van der Waals surface area contributed by atoms with E-state index in [1.807, 2.05) is 12.1 Å². The van der Waals surface area contributed by atoms with Crippen LogP contribution in [0.4, 0.5) is 0 Å². The molecule has 0 aliphatic rings. The molecule has 2 atom stereocenters. The maximum atomic E-state index is 5.23. The molecule has 3 aromatic carbocycles. The molecular formula is C25H29NO. The number of rotatable bonds is 9. The van der Waals surface area contributed by atoms with Gasteiger partial charge in [0.1, 0.15) is 5.75 Å². The summed E-state index contributed by atoms with van der Waals surface area (Å²) in [6.45, 7) is 3.30. The molecule has 1 N–H and O–H groups in total. The molecule has 3 rings (SSSR count). The Kier molecular flexibility index (Phi) is 7.06. The smallest absolute Gasteiger partial charge is 0.118 e. The average molecular weight is 360 g/mol. The van der Waals surface area contributed by atoms with E-state index < -0.39 is 0 Å². The van der Waals surface area contributed by atoms with Gasteiger partial charge in [0.05, 0.1) is 7.11 Å². The van der Waals surface area contributed by atoms with Crippen LogP contribution in [0.5, 0.6) is 5.75 Å². The van der Waals surface area contributed by atoms with E-state index >= 15 is 0 Å². The second-order valence-electron chi connectivity index (χ2n) is 6.99. The van der Waals surface area contributed by atoms with E-state index in [1.165, 1.54) is 16.7 Å². The van der Waals surface area contributed by atoms with Gasteiger partial charge in [-0.15, -0.1) is 0 Å². The second-order valence-corrected chi connectivity index (χ2v) is 6.99. The van der Waals surface area contributed by atoms with Crippen molar-refractivity contribution in [2.24, 2.45) is 0 Å². The summed E-state index contributed by atoms with van der Waals surface area (Å²) in [7, 11) is 1.70. The summed E-state index contributed by atoms with van der Waals surface area (Å²) in [6, 6.07) is 30.2. The van der Waals surface area contributed by atoms with E-state index in [1.54, 1.807) is 7.11 Å². The molecule has 0 aromatic heterocycles. The zero-order valence-corrected chi connectivity index (χ0v) is 16.3. The third kappa shape index (κ3) is 5.45. The molecule has 27 heavy (non-hydrogen) atoms. The summed E-state index contributed by atoms with van der Waals surface area (Å²) in [6.07, 6.45) is 2.18. The first-order valence-corrected chi connectivity index (χ1v) is 9.74. The van der Waals surface area contributed by atoms with Crippen molar-refractivity contribution < 1.29 is 4.74 Å². The van der Waals surface area contributed by atoms with E-state index in [4.69, 9.17) is 4.74 Å². The number of benzene rings is 3. The number of hydrogen-bond acceptors (Lipinski definition) is 2. The molecule has 0 fully saturated rings. The summed E-state index contributed by atoms with van der Waals surface area (Å²) in [5, 5.41) is 3.80. The van der Waals surface area contributed by atoms with E-state index in [9.17, 15) is 0 Å². The molecule has 3 aromatic rings. The predicted octanol–water partition coefficient (Wildman–Crippen LogP) is 5.76. The quantitative estimate of drug-likeness (QED) is 0.490. The first-order chi connectivity index (χ1) is 13.3. The lowest BCUT2D eigenvalue weighted by Gasteiger charge is -2.26. The molecule has 0 saturated heterocycles. The van der Waals surface area contributed by atoms with Crippen LogP contribution in [0.25, 0.3) is 0 Å². The van der Waals surface area contributed by atoms with Crippen LogP contribution in [0.2, 0.25) is 0 Å². The van der Waals surface area contributed by atoms with E-state index in [0.717, 1.165) is 25.1 Å². The standard InChI is InChI=1S/C25H29NO/c1-20(22-11-5-3-6-12-22)25(23-13-7-4-8-14-23)26-19-9-10-21-15-17-24(27-2)18-16-21/h3-8,11-18,20,25-26H,9-10,19H2,1-2H3/t20-,25?/m1/s1. The predicted molar refractivity (Wildman–Crippen MR) is 113 cm³/mol. The SMILES string of the molecule is COc1ccc(CCCNC(c2ccccc2)[C@H](C)c2ccccc2)cc1. The highest BCUT2D eigenvalue weighted by atomic mass is 16.5. The lowest BCUT2D eigenvalue weighted by molar-refractivity contribution is 0.414. The van der Waals surface area contributed by atoms with E-state index in [-0.39, 0.29) is 0 Å². The molecule has 0 bridgehead atoms. The summed E-state index contributed by atoms with van der Waals surface area (Å²) < 4.78 is 5.23. The summed E-state index contributed by atoms with van der Waals surface area (Å²) >= 11 is 0. The Hall–Kier alpha value is -2.58. The van der Waals surface area contributed by atoms with Crippen molar-refractivity contribution in [2.75, 3.05) is 13.7 Å². The van der Waals surface area contributed by atoms with Crippen molar-refractivity contribution in [1.29, 1.82) is 0 Å². The number of hydrogen-bond donors (Lipinski definition) is 1. The minimum atomic E-state index is 0.310. The lowest BCUT2D eigenvalue weighted by atomic mass is 9.88. The van der Waals surface area contributed by atoms with Gasteiger partial charge in [-0.25, -0.2) is 0 Å². The minimum absolute atomic E-state index is 0.310. The monoisotopic (exact) mass is 359 g/mol. The van der Waals surface area contributed by atoms with Gasteiger partial charge < -0.3 is 10.1 Å². The van der Waals surface area contributed by atoms with Crippen molar-refractivity contribution >= 4 is 0 Å². The van der Waals surface area contributed by atoms with Gasteiger partial charge in [0, 0.05) is 12.0 Å². The molecule has 2 nitrogen and oxygen atoms in total. The van der Waals surface area contributed by atoms with Gasteiger partial charge in [0.2, 0.25) is 0 Å². The lowest BCUT2D eigenvalue weighted by Crippen LogP contribution is -2.27. The molecule has 140 valence electrons. The Morgan fingerprint density at radius 2 is 1.37 bits per heavy atom. The van der Waals surface area contributed by atoms with Crippen LogP contribution < -0.4 is 10.1 Å². The van der Waals surface area contributed by atoms with E-state index in [2.05, 4.69) is 85.0 Å². The molecule has 0 aliphatic heterocycles. The largest absolute Gasteiger partial charge is 0.497 e. The Balaban J connectivity index is 1.61. The Morgan fingerprint density at radius 1 is 0.778 bits per heavy atom. The third-order valence-corrected chi connectivity index (χ3v) is 5.15. The Morgan fingerprint density at radius 3 is 1.96 bits per heavy atom. The zero-order valence-electron chi connectivity index (χ0n) is 16.3. The highest BCUT2D eigenvalue weighted by Gasteiger charge is 2.19. The van der Waals surface area contributed by atoms with Gasteiger partial charge in [-0.2, -0.15) is 0 Å². The van der Waals surface area contributed by atoms with Crippen LogP contribution in [0.15, 0.2) is 84.9 Å². The first-order valence-electron chi connectivity index (χ1n) is 9.74. The topological polar surface area (TPSA) is 21.3 Å². The summed E-state index contributed by atoms with van der Waals surface area (Å²) in [5.74, 6) is 1.33. The molecule has 2 heteroatoms. The van der Waals surface area contributed by atoms with Gasteiger partial charge in [-0.1, -0.05) is 79.7 Å². The number of nitrogens with one attached hydrogen (secondary N) is 1. The van der Waals surface area contributed by atoms with Crippen LogP contribution in [0.1, 0.15) is 42.0 Å². The Labute approximate surface area is 163 Å². The molecule has 0 amide bonds. The van der Waals surface area contributed by atoms with Gasteiger partial charge in [-0.3, -0.25) is 0 Å². The molecular weight excluding hydrogens is 330 g/mol. The highest BCUT2D eigenvalue weighted by Crippen LogP contribution is 2.30. The van der Waals surface area contributed by atoms with Crippen LogP contribution in [0, 0.1) is 0 Å². The second kappa shape index (κ2) is 9.94.